The average molecular weight is 366 g/mol. The number of fused-ring (bicyclic) bond motifs is 1. The number of hydrogen-bond acceptors (Lipinski definition) is 5. The largest absolute Gasteiger partial charge is 0.491 e. The summed E-state index contributed by atoms with van der Waals surface area (Å²) < 4.78 is 13.6. The van der Waals surface area contributed by atoms with Crippen LogP contribution < -0.4 is 9.64 Å². The molecule has 3 heterocycles. The summed E-state index contributed by atoms with van der Waals surface area (Å²) in [5.74, 6) is 1.80. The molecular weight excluding hydrogens is 340 g/mol. The predicted molar refractivity (Wildman–Crippen MR) is 107 cm³/mol. The lowest BCUT2D eigenvalue weighted by atomic mass is 10.2. The van der Waals surface area contributed by atoms with Crippen LogP contribution in [0, 0.1) is 0 Å². The van der Waals surface area contributed by atoms with Crippen LogP contribution in [0.1, 0.15) is 27.7 Å². The maximum absolute atomic E-state index is 5.85. The van der Waals surface area contributed by atoms with Crippen molar-refractivity contribution in [3.05, 3.63) is 42.7 Å². The second kappa shape index (κ2) is 7.19. The molecule has 142 valence electrons. The number of pyridine rings is 1. The normalized spacial score (nSPS) is 20.4. The molecule has 0 bridgehead atoms. The fourth-order valence-corrected chi connectivity index (χ4v) is 3.63. The van der Waals surface area contributed by atoms with Gasteiger partial charge in [0.1, 0.15) is 11.6 Å². The number of ether oxygens (including phenoxy) is 2. The molecule has 0 aliphatic carbocycles. The Morgan fingerprint density at radius 1 is 1.11 bits per heavy atom. The minimum absolute atomic E-state index is 0.136. The van der Waals surface area contributed by atoms with Crippen LogP contribution in [0.4, 0.5) is 5.82 Å². The molecule has 2 aromatic heterocycles. The van der Waals surface area contributed by atoms with E-state index in [0.29, 0.717) is 0 Å². The summed E-state index contributed by atoms with van der Waals surface area (Å²) >= 11 is 0. The Balaban J connectivity index is 1.69. The van der Waals surface area contributed by atoms with Crippen molar-refractivity contribution in [3.63, 3.8) is 0 Å². The van der Waals surface area contributed by atoms with Gasteiger partial charge in [0, 0.05) is 36.8 Å². The first kappa shape index (κ1) is 17.8. The predicted octanol–water partition coefficient (Wildman–Crippen LogP) is 3.82. The van der Waals surface area contributed by atoms with E-state index in [4.69, 9.17) is 9.47 Å². The zero-order valence-electron chi connectivity index (χ0n) is 16.3. The number of morpholine rings is 1. The van der Waals surface area contributed by atoms with Crippen LogP contribution in [0.2, 0.25) is 0 Å². The summed E-state index contributed by atoms with van der Waals surface area (Å²) in [6.45, 7) is 9.94. The molecule has 1 aliphatic rings. The molecule has 0 saturated carbocycles. The Labute approximate surface area is 159 Å². The quantitative estimate of drug-likeness (QED) is 0.703. The van der Waals surface area contributed by atoms with Gasteiger partial charge in [-0.25, -0.2) is 9.67 Å². The number of anilines is 1. The van der Waals surface area contributed by atoms with Crippen molar-refractivity contribution < 1.29 is 9.47 Å². The molecule has 2 atom stereocenters. The Bertz CT molecular complexity index is 927. The van der Waals surface area contributed by atoms with Gasteiger partial charge in [0.15, 0.2) is 0 Å². The maximum atomic E-state index is 5.85. The highest BCUT2D eigenvalue weighted by atomic mass is 16.5. The zero-order valence-corrected chi connectivity index (χ0v) is 16.3. The molecule has 0 amide bonds. The fraction of sp³-hybridized carbons (Fsp3) is 0.429. The molecule has 3 aromatic rings. The summed E-state index contributed by atoms with van der Waals surface area (Å²) in [6, 6.07) is 10.2. The Hall–Kier alpha value is -2.60. The van der Waals surface area contributed by atoms with Gasteiger partial charge in [-0.05, 0) is 45.9 Å². The van der Waals surface area contributed by atoms with E-state index in [2.05, 4.69) is 34.9 Å². The summed E-state index contributed by atoms with van der Waals surface area (Å²) in [6.07, 6.45) is 4.25. The third-order valence-electron chi connectivity index (χ3n) is 4.63. The van der Waals surface area contributed by atoms with Gasteiger partial charge in [-0.2, -0.15) is 5.10 Å². The van der Waals surface area contributed by atoms with E-state index in [1.165, 1.54) is 0 Å². The van der Waals surface area contributed by atoms with Gasteiger partial charge in [-0.3, -0.25) is 0 Å². The maximum Gasteiger partial charge on any atom is 0.130 e. The van der Waals surface area contributed by atoms with Crippen LogP contribution in [0.3, 0.4) is 0 Å². The number of hydrogen-bond donors (Lipinski definition) is 0. The third-order valence-corrected chi connectivity index (χ3v) is 4.63. The number of nitrogens with zero attached hydrogens (tertiary/aromatic N) is 4. The standard InChI is InChI=1S/C21H26N4O2/c1-14(2)26-19-6-5-17-11-23-25(20(17)10-19)18-7-8-22-21(9-18)24-12-15(3)27-16(4)13-24/h5-11,14-16H,12-13H2,1-4H3. The van der Waals surface area contributed by atoms with E-state index in [9.17, 15) is 0 Å². The van der Waals surface area contributed by atoms with Crippen molar-refractivity contribution >= 4 is 16.7 Å². The van der Waals surface area contributed by atoms with Gasteiger partial charge in [0.25, 0.3) is 0 Å². The number of benzene rings is 1. The van der Waals surface area contributed by atoms with E-state index in [0.717, 1.165) is 41.2 Å². The fourth-order valence-electron chi connectivity index (χ4n) is 3.63. The molecule has 27 heavy (non-hydrogen) atoms. The van der Waals surface area contributed by atoms with Gasteiger partial charge in [0.2, 0.25) is 0 Å². The first-order valence-electron chi connectivity index (χ1n) is 9.51. The van der Waals surface area contributed by atoms with E-state index >= 15 is 0 Å². The highest BCUT2D eigenvalue weighted by Gasteiger charge is 2.23. The zero-order chi connectivity index (χ0) is 19.0. The van der Waals surface area contributed by atoms with Gasteiger partial charge >= 0.3 is 0 Å². The van der Waals surface area contributed by atoms with Gasteiger partial charge in [-0.15, -0.1) is 0 Å². The van der Waals surface area contributed by atoms with Crippen LogP contribution in [0.5, 0.6) is 5.75 Å². The molecule has 0 radical (unpaired) electrons. The van der Waals surface area contributed by atoms with Crippen LogP contribution >= 0.6 is 0 Å². The van der Waals surface area contributed by atoms with Gasteiger partial charge in [0.05, 0.1) is 35.7 Å². The number of aromatic nitrogens is 3. The van der Waals surface area contributed by atoms with Gasteiger partial charge in [-0.1, -0.05) is 0 Å². The van der Waals surface area contributed by atoms with Crippen molar-refractivity contribution in [2.45, 2.75) is 46.0 Å². The molecule has 1 aromatic carbocycles. The Kier molecular flexibility index (Phi) is 4.74. The Morgan fingerprint density at radius 2 is 1.89 bits per heavy atom. The molecule has 6 heteroatoms. The Morgan fingerprint density at radius 3 is 2.63 bits per heavy atom. The molecule has 1 aliphatic heterocycles. The van der Waals surface area contributed by atoms with E-state index in [1.807, 2.05) is 55.2 Å². The van der Waals surface area contributed by atoms with Crippen molar-refractivity contribution in [1.82, 2.24) is 14.8 Å². The molecular formula is C21H26N4O2. The first-order valence-corrected chi connectivity index (χ1v) is 9.51. The summed E-state index contributed by atoms with van der Waals surface area (Å²) in [7, 11) is 0. The lowest BCUT2D eigenvalue weighted by Crippen LogP contribution is -2.45. The molecule has 4 rings (SSSR count). The summed E-state index contributed by atoms with van der Waals surface area (Å²) in [4.78, 5) is 6.86. The van der Waals surface area contributed by atoms with Crippen LogP contribution in [-0.4, -0.2) is 46.2 Å². The van der Waals surface area contributed by atoms with Crippen LogP contribution in [0.25, 0.3) is 16.6 Å². The number of rotatable bonds is 4. The van der Waals surface area contributed by atoms with E-state index in [1.54, 1.807) is 0 Å². The molecule has 2 unspecified atom stereocenters. The lowest BCUT2D eigenvalue weighted by molar-refractivity contribution is -0.00546. The molecule has 6 nitrogen and oxygen atoms in total. The molecule has 1 saturated heterocycles. The topological polar surface area (TPSA) is 52.4 Å². The second-order valence-corrected chi connectivity index (χ2v) is 7.48. The summed E-state index contributed by atoms with van der Waals surface area (Å²) in [5, 5.41) is 5.67. The highest BCUT2D eigenvalue weighted by molar-refractivity contribution is 5.81. The van der Waals surface area contributed by atoms with E-state index < -0.39 is 0 Å². The minimum atomic E-state index is 0.136. The first-order chi connectivity index (χ1) is 13.0. The highest BCUT2D eigenvalue weighted by Crippen LogP contribution is 2.26. The molecule has 0 spiro atoms. The van der Waals surface area contributed by atoms with Crippen LogP contribution in [-0.2, 0) is 4.74 Å². The van der Waals surface area contributed by atoms with Crippen LogP contribution in [0.15, 0.2) is 42.7 Å². The third kappa shape index (κ3) is 3.76. The summed E-state index contributed by atoms with van der Waals surface area (Å²) in [5.41, 5.74) is 2.01. The molecule has 1 fully saturated rings. The second-order valence-electron chi connectivity index (χ2n) is 7.48. The van der Waals surface area contributed by atoms with Gasteiger partial charge < -0.3 is 14.4 Å². The minimum Gasteiger partial charge on any atom is -0.491 e. The molecule has 0 N–H and O–H groups in total. The van der Waals surface area contributed by atoms with Crippen molar-refractivity contribution in [2.75, 3.05) is 18.0 Å². The SMILES string of the molecule is CC(C)Oc1ccc2cnn(-c3ccnc(N4CC(C)OC(C)C4)c3)c2c1. The lowest BCUT2D eigenvalue weighted by Gasteiger charge is -2.36. The smallest absolute Gasteiger partial charge is 0.130 e. The van der Waals surface area contributed by atoms with Crippen molar-refractivity contribution in [3.8, 4) is 11.4 Å². The average Bonchev–Trinajstić information content (AvgIpc) is 3.04. The van der Waals surface area contributed by atoms with Crippen molar-refractivity contribution in [1.29, 1.82) is 0 Å². The monoisotopic (exact) mass is 366 g/mol. The van der Waals surface area contributed by atoms with E-state index in [-0.39, 0.29) is 18.3 Å². The van der Waals surface area contributed by atoms with Crippen molar-refractivity contribution in [2.24, 2.45) is 0 Å².